The number of nitrogens with one attached hydrogen (secondary N) is 1. The number of para-hydroxylation sites is 1. The van der Waals surface area contributed by atoms with Crippen molar-refractivity contribution in [1.29, 1.82) is 0 Å². The van der Waals surface area contributed by atoms with Crippen molar-refractivity contribution in [3.05, 3.63) is 30.3 Å². The number of fused-ring (bicyclic) bond motifs is 2. The van der Waals surface area contributed by atoms with Crippen LogP contribution in [0.15, 0.2) is 30.3 Å². The molecule has 0 aromatic heterocycles. The van der Waals surface area contributed by atoms with Crippen LogP contribution in [-0.4, -0.2) is 30.1 Å². The third-order valence-corrected chi connectivity index (χ3v) is 4.25. The van der Waals surface area contributed by atoms with Gasteiger partial charge in [-0.3, -0.25) is 4.90 Å². The van der Waals surface area contributed by atoms with Crippen LogP contribution in [0.25, 0.3) is 0 Å². The molecule has 1 aromatic carbocycles. The van der Waals surface area contributed by atoms with Crippen LogP contribution in [0.5, 0.6) is 0 Å². The monoisotopic (exact) mass is 216 g/mol. The number of piperidine rings is 1. The van der Waals surface area contributed by atoms with Gasteiger partial charge in [0.05, 0.1) is 0 Å². The number of rotatable bonds is 2. The summed E-state index contributed by atoms with van der Waals surface area (Å²) in [6.07, 6.45) is 5.47. The number of hydrogen-bond acceptors (Lipinski definition) is 2. The van der Waals surface area contributed by atoms with E-state index >= 15 is 0 Å². The Morgan fingerprint density at radius 1 is 1.19 bits per heavy atom. The summed E-state index contributed by atoms with van der Waals surface area (Å²) in [4.78, 5) is 2.59. The first-order chi connectivity index (χ1) is 7.84. The summed E-state index contributed by atoms with van der Waals surface area (Å²) < 4.78 is 0. The van der Waals surface area contributed by atoms with E-state index in [-0.39, 0.29) is 0 Å². The van der Waals surface area contributed by atoms with Gasteiger partial charge in [-0.1, -0.05) is 24.6 Å². The van der Waals surface area contributed by atoms with Crippen LogP contribution in [0.3, 0.4) is 0 Å². The van der Waals surface area contributed by atoms with Gasteiger partial charge in [-0.2, -0.15) is 0 Å². The highest BCUT2D eigenvalue weighted by molar-refractivity contribution is 5.44. The van der Waals surface area contributed by atoms with E-state index in [9.17, 15) is 0 Å². The topological polar surface area (TPSA) is 15.3 Å². The quantitative estimate of drug-likeness (QED) is 0.817. The maximum atomic E-state index is 3.70. The van der Waals surface area contributed by atoms with Gasteiger partial charge in [-0.25, -0.2) is 0 Å². The van der Waals surface area contributed by atoms with Crippen LogP contribution >= 0.6 is 0 Å². The summed E-state index contributed by atoms with van der Waals surface area (Å²) in [6.45, 7) is 0. The third kappa shape index (κ3) is 1.71. The minimum Gasteiger partial charge on any atom is -0.381 e. The van der Waals surface area contributed by atoms with Crippen molar-refractivity contribution in [3.8, 4) is 0 Å². The molecule has 1 N–H and O–H groups in total. The lowest BCUT2D eigenvalue weighted by atomic mass is 10.0. The molecule has 2 heterocycles. The second-order valence-electron chi connectivity index (χ2n) is 5.17. The average molecular weight is 216 g/mol. The Morgan fingerprint density at radius 2 is 2.00 bits per heavy atom. The number of likely N-dealkylation sites (N-methyl/N-ethyl adjacent to an activating group) is 1. The molecule has 2 aliphatic heterocycles. The first kappa shape index (κ1) is 10.2. The first-order valence-corrected chi connectivity index (χ1v) is 6.38. The fourth-order valence-corrected chi connectivity index (χ4v) is 3.36. The molecule has 3 rings (SSSR count). The van der Waals surface area contributed by atoms with Crippen molar-refractivity contribution in [1.82, 2.24) is 4.90 Å². The predicted octanol–water partition coefficient (Wildman–Crippen LogP) is 2.72. The fraction of sp³-hybridized carbons (Fsp3) is 0.571. The van der Waals surface area contributed by atoms with Gasteiger partial charge in [0.25, 0.3) is 0 Å². The number of nitrogens with zero attached hydrogens (tertiary/aromatic N) is 1. The van der Waals surface area contributed by atoms with E-state index in [4.69, 9.17) is 0 Å². The van der Waals surface area contributed by atoms with Crippen molar-refractivity contribution >= 4 is 5.69 Å². The predicted molar refractivity (Wildman–Crippen MR) is 67.7 cm³/mol. The zero-order chi connectivity index (χ0) is 11.0. The number of anilines is 1. The molecule has 3 atom stereocenters. The van der Waals surface area contributed by atoms with Gasteiger partial charge in [-0.05, 0) is 38.4 Å². The van der Waals surface area contributed by atoms with Gasteiger partial charge < -0.3 is 5.32 Å². The summed E-state index contributed by atoms with van der Waals surface area (Å²) >= 11 is 0. The molecule has 0 aliphatic carbocycles. The smallest absolute Gasteiger partial charge is 0.0431 e. The molecule has 0 amide bonds. The maximum absolute atomic E-state index is 3.70. The van der Waals surface area contributed by atoms with Gasteiger partial charge in [0.1, 0.15) is 0 Å². The molecule has 2 bridgehead atoms. The van der Waals surface area contributed by atoms with Crippen molar-refractivity contribution in [2.75, 3.05) is 12.4 Å². The number of hydrogen-bond donors (Lipinski definition) is 1. The molecule has 2 heteroatoms. The molecule has 2 saturated heterocycles. The first-order valence-electron chi connectivity index (χ1n) is 6.38. The lowest BCUT2D eigenvalue weighted by molar-refractivity contribution is 0.176. The van der Waals surface area contributed by atoms with Crippen LogP contribution in [0.4, 0.5) is 5.69 Å². The summed E-state index contributed by atoms with van der Waals surface area (Å²) in [6, 6.07) is 12.8. The van der Waals surface area contributed by atoms with Crippen molar-refractivity contribution in [2.45, 2.75) is 43.8 Å². The van der Waals surface area contributed by atoms with Crippen LogP contribution in [0.2, 0.25) is 0 Å². The van der Waals surface area contributed by atoms with E-state index in [0.29, 0.717) is 6.04 Å². The molecule has 0 spiro atoms. The minimum absolute atomic E-state index is 0.653. The molecular weight excluding hydrogens is 196 g/mol. The third-order valence-electron chi connectivity index (χ3n) is 4.25. The zero-order valence-electron chi connectivity index (χ0n) is 9.89. The summed E-state index contributed by atoms with van der Waals surface area (Å²) in [5.41, 5.74) is 1.27. The van der Waals surface area contributed by atoms with Crippen LogP contribution in [0, 0.1) is 0 Å². The Bertz CT molecular complexity index is 349. The molecule has 2 fully saturated rings. The maximum Gasteiger partial charge on any atom is 0.0431 e. The molecule has 0 saturated carbocycles. The molecule has 86 valence electrons. The van der Waals surface area contributed by atoms with E-state index in [1.54, 1.807) is 0 Å². The van der Waals surface area contributed by atoms with Gasteiger partial charge in [-0.15, -0.1) is 0 Å². The fourth-order valence-electron chi connectivity index (χ4n) is 3.36. The summed E-state index contributed by atoms with van der Waals surface area (Å²) in [5.74, 6) is 0. The van der Waals surface area contributed by atoms with Gasteiger partial charge in [0.15, 0.2) is 0 Å². The second-order valence-corrected chi connectivity index (χ2v) is 5.17. The summed E-state index contributed by atoms with van der Waals surface area (Å²) in [5, 5.41) is 3.70. The Hall–Kier alpha value is -1.02. The van der Waals surface area contributed by atoms with E-state index in [1.165, 1.54) is 31.4 Å². The van der Waals surface area contributed by atoms with E-state index in [1.807, 2.05) is 0 Å². The lowest BCUT2D eigenvalue weighted by Gasteiger charge is -2.32. The SMILES string of the molecule is CN1[C@@H]2CCC[C@H]1C(Nc1ccccc1)C2. The standard InChI is InChI=1S/C14H20N2/c1-16-12-8-5-9-14(16)13(10-12)15-11-6-3-2-4-7-11/h2-4,6-7,12-15H,5,8-10H2,1H3/t12-,13?,14+/m1/s1. The molecular formula is C14H20N2. The molecule has 0 radical (unpaired) electrons. The van der Waals surface area contributed by atoms with Gasteiger partial charge >= 0.3 is 0 Å². The Balaban J connectivity index is 1.73. The Morgan fingerprint density at radius 3 is 2.75 bits per heavy atom. The van der Waals surface area contributed by atoms with E-state index in [2.05, 4.69) is 47.6 Å². The summed E-state index contributed by atoms with van der Waals surface area (Å²) in [7, 11) is 2.29. The normalized spacial score (nSPS) is 33.9. The minimum atomic E-state index is 0.653. The number of benzene rings is 1. The van der Waals surface area contributed by atoms with Crippen molar-refractivity contribution < 1.29 is 0 Å². The zero-order valence-corrected chi connectivity index (χ0v) is 9.89. The van der Waals surface area contributed by atoms with E-state index in [0.717, 1.165) is 12.1 Å². The Labute approximate surface area is 97.6 Å². The highest BCUT2D eigenvalue weighted by Gasteiger charge is 2.41. The van der Waals surface area contributed by atoms with E-state index < -0.39 is 0 Å². The van der Waals surface area contributed by atoms with Gasteiger partial charge in [0.2, 0.25) is 0 Å². The highest BCUT2D eigenvalue weighted by atomic mass is 15.2. The lowest BCUT2D eigenvalue weighted by Crippen LogP contribution is -2.40. The van der Waals surface area contributed by atoms with Crippen LogP contribution < -0.4 is 5.32 Å². The Kier molecular flexibility index (Phi) is 2.60. The molecule has 1 aromatic rings. The molecule has 16 heavy (non-hydrogen) atoms. The molecule has 2 aliphatic rings. The molecule has 2 nitrogen and oxygen atoms in total. The molecule has 1 unspecified atom stereocenters. The van der Waals surface area contributed by atoms with Crippen molar-refractivity contribution in [2.24, 2.45) is 0 Å². The van der Waals surface area contributed by atoms with Crippen LogP contribution in [0.1, 0.15) is 25.7 Å². The van der Waals surface area contributed by atoms with Gasteiger partial charge in [0, 0.05) is 23.8 Å². The second kappa shape index (κ2) is 4.10. The van der Waals surface area contributed by atoms with Crippen LogP contribution in [-0.2, 0) is 0 Å². The average Bonchev–Trinajstić information content (AvgIpc) is 2.51. The van der Waals surface area contributed by atoms with Crippen molar-refractivity contribution in [3.63, 3.8) is 0 Å². The highest BCUT2D eigenvalue weighted by Crippen LogP contribution is 2.35. The largest absolute Gasteiger partial charge is 0.381 e.